The van der Waals surface area contributed by atoms with E-state index in [-0.39, 0.29) is 5.97 Å². The predicted molar refractivity (Wildman–Crippen MR) is 75.2 cm³/mol. The molecule has 5 heteroatoms. The molecule has 18 heavy (non-hydrogen) atoms. The van der Waals surface area contributed by atoms with E-state index in [0.29, 0.717) is 0 Å². The lowest BCUT2D eigenvalue weighted by Crippen LogP contribution is -2.30. The summed E-state index contributed by atoms with van der Waals surface area (Å²) in [5.41, 5.74) is 0.0657. The van der Waals surface area contributed by atoms with Gasteiger partial charge in [0.25, 0.3) is 0 Å². The molecule has 0 N–H and O–H groups in total. The lowest BCUT2D eigenvalue weighted by atomic mass is 9.90. The molecule has 0 saturated carbocycles. The first-order valence-corrected chi connectivity index (χ1v) is 7.26. The van der Waals surface area contributed by atoms with Crippen molar-refractivity contribution in [2.75, 3.05) is 7.11 Å². The number of carbonyl (C=O) groups is 1. The van der Waals surface area contributed by atoms with E-state index in [9.17, 15) is 4.79 Å². The number of ether oxygens (including phenoxy) is 1. The van der Waals surface area contributed by atoms with E-state index < -0.39 is 5.41 Å². The second-order valence-corrected chi connectivity index (χ2v) is 6.71. The third kappa shape index (κ3) is 2.33. The fourth-order valence-corrected chi connectivity index (χ4v) is 3.51. The van der Waals surface area contributed by atoms with Crippen LogP contribution in [0.3, 0.4) is 0 Å². The maximum atomic E-state index is 11.7. The zero-order valence-electron chi connectivity index (χ0n) is 10.8. The lowest BCUT2D eigenvalue weighted by Gasteiger charge is -2.18. The zero-order chi connectivity index (χ0) is 13.3. The molecule has 0 atom stereocenters. The van der Waals surface area contributed by atoms with Gasteiger partial charge in [-0.25, -0.2) is 4.98 Å². The average molecular weight is 281 g/mol. The molecule has 0 saturated heterocycles. The summed E-state index contributed by atoms with van der Waals surface area (Å²) in [6.07, 6.45) is 0. The van der Waals surface area contributed by atoms with Gasteiger partial charge in [0.15, 0.2) is 0 Å². The summed E-state index contributed by atoms with van der Waals surface area (Å²) in [4.78, 5) is 18.7. The first-order valence-electron chi connectivity index (χ1n) is 5.56. The number of hydrogen-bond donors (Lipinski definition) is 0. The zero-order valence-corrected chi connectivity index (χ0v) is 12.4. The van der Waals surface area contributed by atoms with Crippen molar-refractivity contribution < 1.29 is 9.53 Å². The Balaban J connectivity index is 2.33. The summed E-state index contributed by atoms with van der Waals surface area (Å²) in [6, 6.07) is 4.14. The van der Waals surface area contributed by atoms with Crippen LogP contribution in [0.4, 0.5) is 0 Å². The monoisotopic (exact) mass is 281 g/mol. The van der Waals surface area contributed by atoms with E-state index in [1.54, 1.807) is 22.7 Å². The van der Waals surface area contributed by atoms with E-state index in [4.69, 9.17) is 4.74 Å². The van der Waals surface area contributed by atoms with Crippen LogP contribution < -0.4 is 0 Å². The van der Waals surface area contributed by atoms with Crippen LogP contribution in [0.2, 0.25) is 0 Å². The number of thiazole rings is 1. The summed E-state index contributed by atoms with van der Waals surface area (Å²) in [5.74, 6) is -0.262. The predicted octanol–water partition coefficient (Wildman–Crippen LogP) is 3.63. The third-order valence-electron chi connectivity index (χ3n) is 2.79. The second kappa shape index (κ2) is 4.82. The third-order valence-corrected chi connectivity index (χ3v) is 4.80. The molecule has 0 fully saturated rings. The standard InChI is InChI=1S/C13H15NO2S2/c1-8-5-6-9(18-8)11-14-10(7-17-11)13(2,3)12(15)16-4/h5-7H,1-4H3. The maximum absolute atomic E-state index is 11.7. The van der Waals surface area contributed by atoms with E-state index in [0.717, 1.165) is 15.6 Å². The molecule has 0 amide bonds. The van der Waals surface area contributed by atoms with Gasteiger partial charge in [0.05, 0.1) is 17.7 Å². The number of esters is 1. The smallest absolute Gasteiger partial charge is 0.317 e. The highest BCUT2D eigenvalue weighted by molar-refractivity contribution is 7.21. The van der Waals surface area contributed by atoms with Gasteiger partial charge in [0.2, 0.25) is 0 Å². The van der Waals surface area contributed by atoms with E-state index in [1.807, 2.05) is 19.2 Å². The Kier molecular flexibility index (Phi) is 3.54. The van der Waals surface area contributed by atoms with Gasteiger partial charge in [-0.2, -0.15) is 0 Å². The summed E-state index contributed by atoms with van der Waals surface area (Å²) < 4.78 is 4.82. The molecule has 3 nitrogen and oxygen atoms in total. The van der Waals surface area contributed by atoms with Crippen molar-refractivity contribution in [2.24, 2.45) is 0 Å². The Morgan fingerprint density at radius 3 is 2.67 bits per heavy atom. The van der Waals surface area contributed by atoms with Crippen molar-refractivity contribution in [3.8, 4) is 9.88 Å². The first-order chi connectivity index (χ1) is 8.45. The molecule has 2 rings (SSSR count). The van der Waals surface area contributed by atoms with Gasteiger partial charge in [-0.1, -0.05) is 0 Å². The Morgan fingerprint density at radius 1 is 1.39 bits per heavy atom. The normalized spacial score (nSPS) is 11.6. The highest BCUT2D eigenvalue weighted by atomic mass is 32.1. The fraction of sp³-hybridized carbons (Fsp3) is 0.385. The van der Waals surface area contributed by atoms with Crippen LogP contribution in [-0.2, 0) is 14.9 Å². The molecular formula is C13H15NO2S2. The van der Waals surface area contributed by atoms with Gasteiger partial charge in [-0.3, -0.25) is 4.79 Å². The molecule has 2 heterocycles. The molecule has 2 aromatic heterocycles. The number of nitrogens with zero attached hydrogens (tertiary/aromatic N) is 1. The van der Waals surface area contributed by atoms with Crippen LogP contribution in [-0.4, -0.2) is 18.1 Å². The molecule has 0 unspecified atom stereocenters. The van der Waals surface area contributed by atoms with Gasteiger partial charge in [0, 0.05) is 10.3 Å². The number of aromatic nitrogens is 1. The van der Waals surface area contributed by atoms with Crippen molar-refractivity contribution in [3.05, 3.63) is 28.1 Å². The van der Waals surface area contributed by atoms with Gasteiger partial charge < -0.3 is 4.74 Å². The van der Waals surface area contributed by atoms with Crippen molar-refractivity contribution in [1.29, 1.82) is 0 Å². The van der Waals surface area contributed by atoms with Gasteiger partial charge >= 0.3 is 5.97 Å². The van der Waals surface area contributed by atoms with Crippen LogP contribution in [0.25, 0.3) is 9.88 Å². The minimum atomic E-state index is -0.699. The van der Waals surface area contributed by atoms with E-state index in [1.165, 1.54) is 12.0 Å². The number of carbonyl (C=O) groups excluding carboxylic acids is 1. The second-order valence-electron chi connectivity index (χ2n) is 4.56. The number of rotatable bonds is 3. The molecule has 96 valence electrons. The van der Waals surface area contributed by atoms with E-state index >= 15 is 0 Å². The number of aryl methyl sites for hydroxylation is 1. The largest absolute Gasteiger partial charge is 0.468 e. The molecule has 0 aliphatic rings. The van der Waals surface area contributed by atoms with Crippen LogP contribution in [0, 0.1) is 6.92 Å². The molecule has 0 radical (unpaired) electrons. The summed E-state index contributed by atoms with van der Waals surface area (Å²) in [5, 5.41) is 2.89. The quantitative estimate of drug-likeness (QED) is 0.806. The SMILES string of the molecule is COC(=O)C(C)(C)c1csc(-c2ccc(C)s2)n1. The van der Waals surface area contributed by atoms with E-state index in [2.05, 4.69) is 24.0 Å². The fourth-order valence-electron chi connectivity index (χ4n) is 1.58. The van der Waals surface area contributed by atoms with Crippen molar-refractivity contribution in [1.82, 2.24) is 4.98 Å². The van der Waals surface area contributed by atoms with Crippen LogP contribution in [0.5, 0.6) is 0 Å². The first kappa shape index (κ1) is 13.2. The minimum absolute atomic E-state index is 0.262. The molecule has 0 bridgehead atoms. The van der Waals surface area contributed by atoms with Gasteiger partial charge in [-0.05, 0) is 32.9 Å². The van der Waals surface area contributed by atoms with Crippen LogP contribution >= 0.6 is 22.7 Å². The Morgan fingerprint density at radius 2 is 2.11 bits per heavy atom. The number of hydrogen-bond acceptors (Lipinski definition) is 5. The minimum Gasteiger partial charge on any atom is -0.468 e. The highest BCUT2D eigenvalue weighted by Crippen LogP contribution is 2.34. The topological polar surface area (TPSA) is 39.2 Å². The number of methoxy groups -OCH3 is 1. The lowest BCUT2D eigenvalue weighted by molar-refractivity contribution is -0.146. The summed E-state index contributed by atoms with van der Waals surface area (Å²) in [7, 11) is 1.40. The van der Waals surface area contributed by atoms with Crippen LogP contribution in [0.1, 0.15) is 24.4 Å². The number of thiophene rings is 1. The Labute approximate surface area is 114 Å². The Hall–Kier alpha value is -1.20. The summed E-state index contributed by atoms with van der Waals surface area (Å²) in [6.45, 7) is 5.73. The molecular weight excluding hydrogens is 266 g/mol. The summed E-state index contributed by atoms with van der Waals surface area (Å²) >= 11 is 3.27. The van der Waals surface area contributed by atoms with Crippen LogP contribution in [0.15, 0.2) is 17.5 Å². The highest BCUT2D eigenvalue weighted by Gasteiger charge is 2.33. The maximum Gasteiger partial charge on any atom is 0.317 e. The molecule has 0 aliphatic heterocycles. The van der Waals surface area contributed by atoms with Gasteiger partial charge in [0.1, 0.15) is 10.4 Å². The van der Waals surface area contributed by atoms with Gasteiger partial charge in [-0.15, -0.1) is 22.7 Å². The Bertz CT molecular complexity index is 569. The molecule has 2 aromatic rings. The average Bonchev–Trinajstić information content (AvgIpc) is 2.95. The van der Waals surface area contributed by atoms with Crippen molar-refractivity contribution in [2.45, 2.75) is 26.2 Å². The molecule has 0 spiro atoms. The molecule has 0 aromatic carbocycles. The van der Waals surface area contributed by atoms with Crippen molar-refractivity contribution in [3.63, 3.8) is 0 Å². The molecule has 0 aliphatic carbocycles. The van der Waals surface area contributed by atoms with Crippen molar-refractivity contribution >= 4 is 28.6 Å².